The van der Waals surface area contributed by atoms with Crippen molar-refractivity contribution in [3.8, 4) is 0 Å². The lowest BCUT2D eigenvalue weighted by Gasteiger charge is -2.50. The first-order valence-corrected chi connectivity index (χ1v) is 8.15. The quantitative estimate of drug-likeness (QED) is 0.907. The summed E-state index contributed by atoms with van der Waals surface area (Å²) in [6.45, 7) is 3.23. The Morgan fingerprint density at radius 3 is 2.52 bits per heavy atom. The number of benzene rings is 1. The number of nitrogens with one attached hydrogen (secondary N) is 1. The van der Waals surface area contributed by atoms with E-state index in [1.54, 1.807) is 6.07 Å². The SMILES string of the molecule is CCCNC1CC2CCCC(C1)N2c1ccc(F)cc1F. The van der Waals surface area contributed by atoms with Gasteiger partial charge in [-0.25, -0.2) is 8.78 Å². The Bertz CT molecular complexity index is 478. The van der Waals surface area contributed by atoms with E-state index in [1.807, 2.05) is 0 Å². The molecule has 0 radical (unpaired) electrons. The van der Waals surface area contributed by atoms with Crippen molar-refractivity contribution in [1.82, 2.24) is 5.32 Å². The normalized spacial score (nSPS) is 28.7. The number of rotatable bonds is 4. The van der Waals surface area contributed by atoms with Crippen LogP contribution in [0.25, 0.3) is 0 Å². The highest BCUT2D eigenvalue weighted by Gasteiger charge is 2.39. The van der Waals surface area contributed by atoms with Crippen molar-refractivity contribution in [3.63, 3.8) is 0 Å². The second-order valence-corrected chi connectivity index (χ2v) is 6.36. The van der Waals surface area contributed by atoms with Gasteiger partial charge >= 0.3 is 0 Å². The van der Waals surface area contributed by atoms with E-state index in [1.165, 1.54) is 12.5 Å². The molecule has 21 heavy (non-hydrogen) atoms. The summed E-state index contributed by atoms with van der Waals surface area (Å²) >= 11 is 0. The molecule has 2 atom stereocenters. The van der Waals surface area contributed by atoms with Crippen molar-refractivity contribution in [3.05, 3.63) is 29.8 Å². The van der Waals surface area contributed by atoms with Crippen molar-refractivity contribution in [1.29, 1.82) is 0 Å². The zero-order chi connectivity index (χ0) is 14.8. The van der Waals surface area contributed by atoms with E-state index < -0.39 is 11.6 Å². The van der Waals surface area contributed by atoms with Gasteiger partial charge < -0.3 is 10.2 Å². The maximum absolute atomic E-state index is 14.1. The predicted molar refractivity (Wildman–Crippen MR) is 81.6 cm³/mol. The molecular weight excluding hydrogens is 270 g/mol. The smallest absolute Gasteiger partial charge is 0.149 e. The summed E-state index contributed by atoms with van der Waals surface area (Å²) in [6.07, 6.45) is 6.70. The average molecular weight is 294 g/mol. The molecular formula is C17H24F2N2. The highest BCUT2D eigenvalue weighted by molar-refractivity contribution is 5.51. The van der Waals surface area contributed by atoms with Gasteiger partial charge in [-0.2, -0.15) is 0 Å². The van der Waals surface area contributed by atoms with E-state index in [-0.39, 0.29) is 0 Å². The largest absolute Gasteiger partial charge is 0.363 e. The molecule has 3 rings (SSSR count). The van der Waals surface area contributed by atoms with Crippen LogP contribution in [0.5, 0.6) is 0 Å². The molecule has 2 aliphatic rings. The van der Waals surface area contributed by atoms with E-state index in [2.05, 4.69) is 17.1 Å². The van der Waals surface area contributed by atoms with Crippen LogP contribution in [0.15, 0.2) is 18.2 Å². The highest BCUT2D eigenvalue weighted by atomic mass is 19.1. The zero-order valence-corrected chi connectivity index (χ0v) is 12.6. The molecule has 2 heterocycles. The summed E-state index contributed by atoms with van der Waals surface area (Å²) in [4.78, 5) is 2.22. The fourth-order valence-electron chi connectivity index (χ4n) is 3.98. The van der Waals surface area contributed by atoms with Crippen LogP contribution < -0.4 is 10.2 Å². The first kappa shape index (κ1) is 14.8. The molecule has 4 heteroatoms. The fourth-order valence-corrected chi connectivity index (χ4v) is 3.98. The van der Waals surface area contributed by atoms with Crippen LogP contribution in [0, 0.1) is 11.6 Å². The minimum absolute atomic E-state index is 0.381. The molecule has 1 aromatic rings. The van der Waals surface area contributed by atoms with E-state index >= 15 is 0 Å². The van der Waals surface area contributed by atoms with E-state index in [0.29, 0.717) is 23.8 Å². The Hall–Kier alpha value is -1.16. The Balaban J connectivity index is 1.80. The molecule has 2 aliphatic heterocycles. The Kier molecular flexibility index (Phi) is 4.43. The molecule has 2 fully saturated rings. The average Bonchev–Trinajstić information content (AvgIpc) is 2.44. The summed E-state index contributed by atoms with van der Waals surface area (Å²) in [5.41, 5.74) is 0.583. The van der Waals surface area contributed by atoms with Gasteiger partial charge in [-0.05, 0) is 57.2 Å². The molecule has 116 valence electrons. The summed E-state index contributed by atoms with van der Waals surface area (Å²) in [6, 6.07) is 5.29. The number of hydrogen-bond acceptors (Lipinski definition) is 2. The van der Waals surface area contributed by atoms with Crippen LogP contribution in [-0.4, -0.2) is 24.7 Å². The van der Waals surface area contributed by atoms with Gasteiger partial charge in [0.1, 0.15) is 11.6 Å². The second kappa shape index (κ2) is 6.30. The Morgan fingerprint density at radius 2 is 1.90 bits per heavy atom. The van der Waals surface area contributed by atoms with Crippen LogP contribution in [-0.2, 0) is 0 Å². The van der Waals surface area contributed by atoms with Crippen LogP contribution in [0.2, 0.25) is 0 Å². The first-order chi connectivity index (χ1) is 10.2. The van der Waals surface area contributed by atoms with Gasteiger partial charge in [-0.1, -0.05) is 6.92 Å². The lowest BCUT2D eigenvalue weighted by Crippen LogP contribution is -2.56. The van der Waals surface area contributed by atoms with E-state index in [9.17, 15) is 8.78 Å². The van der Waals surface area contributed by atoms with Crippen LogP contribution >= 0.6 is 0 Å². The van der Waals surface area contributed by atoms with Gasteiger partial charge in [0.15, 0.2) is 0 Å². The molecule has 0 spiro atoms. The van der Waals surface area contributed by atoms with Gasteiger partial charge in [0.05, 0.1) is 5.69 Å². The predicted octanol–water partition coefficient (Wildman–Crippen LogP) is 3.85. The molecule has 1 N–H and O–H groups in total. The third-order valence-corrected chi connectivity index (χ3v) is 4.85. The topological polar surface area (TPSA) is 15.3 Å². The summed E-state index contributed by atoms with van der Waals surface area (Å²) in [7, 11) is 0. The molecule has 2 bridgehead atoms. The Labute approximate surface area is 125 Å². The van der Waals surface area contributed by atoms with Crippen molar-refractivity contribution < 1.29 is 8.78 Å². The number of hydrogen-bond donors (Lipinski definition) is 1. The number of fused-ring (bicyclic) bond motifs is 2. The number of nitrogens with zero attached hydrogens (tertiary/aromatic N) is 1. The third-order valence-electron chi connectivity index (χ3n) is 4.85. The van der Waals surface area contributed by atoms with Gasteiger partial charge in [0, 0.05) is 24.2 Å². The van der Waals surface area contributed by atoms with Crippen LogP contribution in [0.4, 0.5) is 14.5 Å². The molecule has 2 nitrogen and oxygen atoms in total. The fraction of sp³-hybridized carbons (Fsp3) is 0.647. The molecule has 0 amide bonds. The van der Waals surface area contributed by atoms with Gasteiger partial charge in [0.25, 0.3) is 0 Å². The van der Waals surface area contributed by atoms with Gasteiger partial charge in [0.2, 0.25) is 0 Å². The second-order valence-electron chi connectivity index (χ2n) is 6.36. The lowest BCUT2D eigenvalue weighted by atomic mass is 9.81. The summed E-state index contributed by atoms with van der Waals surface area (Å²) < 4.78 is 27.3. The Morgan fingerprint density at radius 1 is 1.19 bits per heavy atom. The monoisotopic (exact) mass is 294 g/mol. The molecule has 0 aliphatic carbocycles. The molecule has 1 aromatic carbocycles. The van der Waals surface area contributed by atoms with E-state index in [4.69, 9.17) is 0 Å². The van der Waals surface area contributed by atoms with Crippen molar-refractivity contribution in [2.24, 2.45) is 0 Å². The number of anilines is 1. The molecule has 0 saturated carbocycles. The van der Waals surface area contributed by atoms with Crippen LogP contribution in [0.3, 0.4) is 0 Å². The minimum atomic E-state index is -0.499. The summed E-state index contributed by atoms with van der Waals surface area (Å²) in [5, 5.41) is 3.62. The minimum Gasteiger partial charge on any atom is -0.363 e. The molecule has 2 unspecified atom stereocenters. The molecule has 2 saturated heterocycles. The lowest BCUT2D eigenvalue weighted by molar-refractivity contribution is 0.244. The number of halogens is 2. The first-order valence-electron chi connectivity index (χ1n) is 8.15. The number of piperidine rings is 2. The van der Waals surface area contributed by atoms with Crippen LogP contribution in [0.1, 0.15) is 45.4 Å². The van der Waals surface area contributed by atoms with Gasteiger partial charge in [-0.15, -0.1) is 0 Å². The highest BCUT2D eigenvalue weighted by Crippen LogP contribution is 2.38. The van der Waals surface area contributed by atoms with E-state index in [0.717, 1.165) is 44.7 Å². The van der Waals surface area contributed by atoms with Crippen molar-refractivity contribution in [2.45, 2.75) is 63.6 Å². The summed E-state index contributed by atoms with van der Waals surface area (Å²) in [5.74, 6) is -0.923. The van der Waals surface area contributed by atoms with Gasteiger partial charge in [-0.3, -0.25) is 0 Å². The maximum Gasteiger partial charge on any atom is 0.149 e. The maximum atomic E-state index is 14.1. The molecule has 0 aromatic heterocycles. The van der Waals surface area contributed by atoms with Crippen molar-refractivity contribution >= 4 is 5.69 Å². The third kappa shape index (κ3) is 3.05. The van der Waals surface area contributed by atoms with Crippen molar-refractivity contribution in [2.75, 3.05) is 11.4 Å². The zero-order valence-electron chi connectivity index (χ0n) is 12.6. The standard InChI is InChI=1S/C17H24F2N2/c1-2-8-20-13-10-14-4-3-5-15(11-13)21(14)17-7-6-12(18)9-16(17)19/h6-7,9,13-15,20H,2-5,8,10-11H2,1H3.